The molecule has 48 heavy (non-hydrogen) atoms. The van der Waals surface area contributed by atoms with E-state index in [1.807, 2.05) is 4.72 Å². The highest BCUT2D eigenvalue weighted by Crippen LogP contribution is 2.47. The molecule has 1 amide bonds. The van der Waals surface area contributed by atoms with Gasteiger partial charge in [0.05, 0.1) is 23.9 Å². The normalized spacial score (nSPS) is 19.7. The molecule has 0 spiro atoms. The number of carbonyl (C=O) groups excluding carboxylic acids is 2. The number of rotatable bonds is 10. The van der Waals surface area contributed by atoms with E-state index < -0.39 is 71.4 Å². The maximum Gasteiger partial charge on any atom is 0.411 e. The number of aryl methyl sites for hydroxylation is 2. The number of alkyl halides is 6. The summed E-state index contributed by atoms with van der Waals surface area (Å²) in [6.45, 7) is -0.124. The number of carbonyl (C=O) groups is 2. The van der Waals surface area contributed by atoms with E-state index in [0.717, 1.165) is 5.56 Å². The predicted octanol–water partition coefficient (Wildman–Crippen LogP) is 5.09. The van der Waals surface area contributed by atoms with Crippen molar-refractivity contribution in [2.45, 2.75) is 56.7 Å². The summed E-state index contributed by atoms with van der Waals surface area (Å²) in [5, 5.41) is 2.84. The number of ether oxygens (including phenoxy) is 2. The number of hydrogen-bond acceptors (Lipinski definition) is 8. The Hall–Kier alpha value is -4.12. The minimum Gasteiger partial charge on any atom is -0.356 e. The van der Waals surface area contributed by atoms with Crippen LogP contribution in [0.2, 0.25) is 0 Å². The monoisotopic (exact) mass is 697 g/mol. The fourth-order valence-electron chi connectivity index (χ4n) is 5.77. The number of aromatic nitrogens is 1. The largest absolute Gasteiger partial charge is 0.411 e. The Morgan fingerprint density at radius 3 is 2.25 bits per heavy atom. The first kappa shape index (κ1) is 35.2. The summed E-state index contributed by atoms with van der Waals surface area (Å²) >= 11 is 0. The SMILES string of the molecule is Cc1ccccc1CC(=O)NS(=O)(=O)Cc1ccc(C2NC(OCC(F)(F)F)C3=C2C(=O)C(OCC(F)(F)F)c2cccnc23)c(C)c1. The molecule has 0 fully saturated rings. The summed E-state index contributed by atoms with van der Waals surface area (Å²) in [4.78, 5) is 30.5. The minimum absolute atomic E-state index is 0.0525. The van der Waals surface area contributed by atoms with Crippen LogP contribution in [0.3, 0.4) is 0 Å². The highest BCUT2D eigenvalue weighted by molar-refractivity contribution is 7.89. The zero-order valence-corrected chi connectivity index (χ0v) is 26.2. The molecule has 1 aliphatic heterocycles. The van der Waals surface area contributed by atoms with Gasteiger partial charge in [0.2, 0.25) is 15.9 Å². The van der Waals surface area contributed by atoms with Gasteiger partial charge in [0, 0.05) is 22.9 Å². The van der Waals surface area contributed by atoms with Crippen molar-refractivity contribution in [2.24, 2.45) is 0 Å². The Balaban J connectivity index is 1.44. The van der Waals surface area contributed by atoms with Gasteiger partial charge in [-0.15, -0.1) is 0 Å². The number of Topliss-reactive ketones (excluding diaryl/α,β-unsaturated/α-hetero) is 1. The maximum atomic E-state index is 13.8. The molecule has 0 radical (unpaired) electrons. The van der Waals surface area contributed by atoms with Crippen molar-refractivity contribution in [3.8, 4) is 0 Å². The number of amides is 1. The molecular weight excluding hydrogens is 668 g/mol. The molecule has 0 bridgehead atoms. The molecule has 0 saturated carbocycles. The van der Waals surface area contributed by atoms with Crippen molar-refractivity contribution in [3.63, 3.8) is 0 Å². The fourth-order valence-corrected chi connectivity index (χ4v) is 6.88. The number of nitrogens with one attached hydrogen (secondary N) is 2. The van der Waals surface area contributed by atoms with Gasteiger partial charge in [-0.05, 0) is 47.7 Å². The van der Waals surface area contributed by atoms with Crippen LogP contribution >= 0.6 is 0 Å². The smallest absolute Gasteiger partial charge is 0.356 e. The first-order valence-corrected chi connectivity index (χ1v) is 16.1. The van der Waals surface area contributed by atoms with E-state index in [2.05, 4.69) is 10.3 Å². The third-order valence-electron chi connectivity index (χ3n) is 7.75. The van der Waals surface area contributed by atoms with Crippen LogP contribution in [0.4, 0.5) is 26.3 Å². The van der Waals surface area contributed by atoms with E-state index >= 15 is 0 Å². The first-order valence-electron chi connectivity index (χ1n) is 14.5. The van der Waals surface area contributed by atoms with Gasteiger partial charge in [-0.3, -0.25) is 24.6 Å². The van der Waals surface area contributed by atoms with E-state index in [1.165, 1.54) is 36.5 Å². The summed E-state index contributed by atoms with van der Waals surface area (Å²) in [6, 6.07) is 12.8. The second kappa shape index (κ2) is 13.4. The molecule has 5 rings (SSSR count). The lowest BCUT2D eigenvalue weighted by atomic mass is 9.82. The molecule has 2 heterocycles. The molecular formula is C32H29F6N3O6S. The average molecular weight is 698 g/mol. The van der Waals surface area contributed by atoms with Gasteiger partial charge >= 0.3 is 12.4 Å². The minimum atomic E-state index is -4.78. The van der Waals surface area contributed by atoms with Crippen LogP contribution in [0.1, 0.15) is 51.2 Å². The van der Waals surface area contributed by atoms with Crippen LogP contribution < -0.4 is 10.0 Å². The lowest BCUT2D eigenvalue weighted by Crippen LogP contribution is -2.34. The zero-order valence-electron chi connectivity index (χ0n) is 25.4. The van der Waals surface area contributed by atoms with Crippen molar-refractivity contribution >= 4 is 27.3 Å². The van der Waals surface area contributed by atoms with Gasteiger partial charge in [0.15, 0.2) is 5.78 Å². The predicted molar refractivity (Wildman–Crippen MR) is 159 cm³/mol. The van der Waals surface area contributed by atoms with Crippen LogP contribution in [-0.4, -0.2) is 56.9 Å². The Morgan fingerprint density at radius 1 is 0.896 bits per heavy atom. The molecule has 1 aromatic heterocycles. The summed E-state index contributed by atoms with van der Waals surface area (Å²) in [5.74, 6) is -2.25. The van der Waals surface area contributed by atoms with Crippen LogP contribution in [0, 0.1) is 13.8 Å². The zero-order chi connectivity index (χ0) is 35.0. The van der Waals surface area contributed by atoms with Crippen molar-refractivity contribution in [2.75, 3.05) is 13.2 Å². The van der Waals surface area contributed by atoms with Gasteiger partial charge < -0.3 is 9.47 Å². The van der Waals surface area contributed by atoms with E-state index in [9.17, 15) is 44.3 Å². The fraction of sp³-hybridized carbons (Fsp3) is 0.344. The number of pyridine rings is 1. The Labute approximate surface area is 271 Å². The third-order valence-corrected chi connectivity index (χ3v) is 9.00. The van der Waals surface area contributed by atoms with Crippen LogP contribution in [0.5, 0.6) is 0 Å². The molecule has 256 valence electrons. The average Bonchev–Trinajstić information content (AvgIpc) is 3.35. The number of hydrogen-bond donors (Lipinski definition) is 2. The standard InChI is InChI=1S/C32H29F6N3O6S/c1-17-6-3-4-7-20(17)13-23(42)41-48(44,45)14-19-9-10-21(18(2)12-19)27-24-25(30(40-27)47-16-32(36,37)38)26-22(8-5-11-39-26)29(28(24)43)46-15-31(33,34)35/h3-12,27,29-30,40H,13-16H2,1-2H3,(H,41,42). The Morgan fingerprint density at radius 2 is 1.58 bits per heavy atom. The molecule has 1 aliphatic carbocycles. The molecule has 2 aromatic carbocycles. The maximum absolute atomic E-state index is 13.8. The third kappa shape index (κ3) is 8.11. The number of fused-ring (bicyclic) bond motifs is 2. The molecule has 3 aromatic rings. The van der Waals surface area contributed by atoms with E-state index in [0.29, 0.717) is 16.7 Å². The number of nitrogens with zero attached hydrogens (tertiary/aromatic N) is 1. The van der Waals surface area contributed by atoms with Gasteiger partial charge in [-0.2, -0.15) is 26.3 Å². The van der Waals surface area contributed by atoms with Crippen LogP contribution in [0.25, 0.3) is 5.57 Å². The van der Waals surface area contributed by atoms with Gasteiger partial charge in [0.25, 0.3) is 0 Å². The summed E-state index contributed by atoms with van der Waals surface area (Å²) in [7, 11) is -4.15. The summed E-state index contributed by atoms with van der Waals surface area (Å²) < 4.78 is 117. The second-order valence-corrected chi connectivity index (χ2v) is 13.1. The van der Waals surface area contributed by atoms with E-state index in [4.69, 9.17) is 9.47 Å². The van der Waals surface area contributed by atoms with Crippen LogP contribution in [-0.2, 0) is 41.3 Å². The number of halogens is 6. The van der Waals surface area contributed by atoms with Crippen molar-refractivity contribution < 1.29 is 53.8 Å². The van der Waals surface area contributed by atoms with E-state index in [-0.39, 0.29) is 34.4 Å². The summed E-state index contributed by atoms with van der Waals surface area (Å²) in [6.07, 6.45) is -11.7. The summed E-state index contributed by atoms with van der Waals surface area (Å²) in [5.41, 5.74) is 2.05. The molecule has 3 unspecified atom stereocenters. The molecule has 9 nitrogen and oxygen atoms in total. The van der Waals surface area contributed by atoms with Gasteiger partial charge in [0.1, 0.15) is 25.5 Å². The van der Waals surface area contributed by atoms with Gasteiger partial charge in [-0.1, -0.05) is 48.5 Å². The number of sulfonamides is 1. The molecule has 2 aliphatic rings. The highest BCUT2D eigenvalue weighted by Gasteiger charge is 2.48. The second-order valence-electron chi connectivity index (χ2n) is 11.4. The molecule has 3 atom stereocenters. The Kier molecular flexibility index (Phi) is 9.83. The lowest BCUT2D eigenvalue weighted by molar-refractivity contribution is -0.187. The van der Waals surface area contributed by atoms with Crippen molar-refractivity contribution in [3.05, 3.63) is 105 Å². The molecule has 0 saturated heterocycles. The first-order chi connectivity index (χ1) is 22.4. The molecule has 16 heteroatoms. The number of ketones is 1. The topological polar surface area (TPSA) is 124 Å². The van der Waals surface area contributed by atoms with Crippen LogP contribution in [0.15, 0.2) is 66.4 Å². The van der Waals surface area contributed by atoms with Crippen molar-refractivity contribution in [1.29, 1.82) is 0 Å². The van der Waals surface area contributed by atoms with Crippen molar-refractivity contribution in [1.82, 2.24) is 15.0 Å². The lowest BCUT2D eigenvalue weighted by Gasteiger charge is -2.28. The number of benzene rings is 2. The van der Waals surface area contributed by atoms with Gasteiger partial charge in [-0.25, -0.2) is 8.42 Å². The highest BCUT2D eigenvalue weighted by atomic mass is 32.2. The molecule has 2 N–H and O–H groups in total. The Bertz CT molecular complexity index is 1880. The quantitative estimate of drug-likeness (QED) is 0.281. The van der Waals surface area contributed by atoms with E-state index in [1.54, 1.807) is 38.1 Å².